The maximum Gasteiger partial charge on any atom is 0.417 e. The lowest BCUT2D eigenvalue weighted by atomic mass is 10.2. The average molecular weight is 341 g/mol. The van der Waals surface area contributed by atoms with Crippen molar-refractivity contribution in [1.82, 2.24) is 15.0 Å². The van der Waals surface area contributed by atoms with Gasteiger partial charge in [0.15, 0.2) is 0 Å². The molecule has 2 heterocycles. The van der Waals surface area contributed by atoms with Gasteiger partial charge in [0.2, 0.25) is 5.88 Å². The van der Waals surface area contributed by atoms with Gasteiger partial charge in [0.05, 0.1) is 17.4 Å². The topological polar surface area (TPSA) is 57.1 Å². The maximum absolute atomic E-state index is 12.5. The van der Waals surface area contributed by atoms with Crippen molar-refractivity contribution in [3.8, 4) is 11.9 Å². The zero-order chi connectivity index (χ0) is 17.7. The molecule has 5 nitrogen and oxygen atoms in total. The standard InChI is InChI=1S/C16H18F3N3O2/c1-10(2)23-15-20-7-6-13(22-15)8-11(3)24-14-5-4-12(9-21-14)16(17,18)19/h4-7,9-11H,8H2,1-3H3. The van der Waals surface area contributed by atoms with Crippen LogP contribution in [0.2, 0.25) is 0 Å². The lowest BCUT2D eigenvalue weighted by molar-refractivity contribution is -0.137. The summed E-state index contributed by atoms with van der Waals surface area (Å²) >= 11 is 0. The Balaban J connectivity index is 1.97. The normalized spacial score (nSPS) is 13.0. The molecule has 0 aliphatic rings. The SMILES string of the molecule is CC(C)Oc1nccc(CC(C)Oc2ccc(C(F)(F)F)cn2)n1. The summed E-state index contributed by atoms with van der Waals surface area (Å²) in [4.78, 5) is 12.0. The van der Waals surface area contributed by atoms with E-state index in [1.165, 1.54) is 6.07 Å². The number of pyridine rings is 1. The van der Waals surface area contributed by atoms with E-state index in [9.17, 15) is 13.2 Å². The van der Waals surface area contributed by atoms with Gasteiger partial charge in [-0.15, -0.1) is 0 Å². The molecule has 1 atom stereocenters. The Morgan fingerprint density at radius 1 is 1.04 bits per heavy atom. The molecule has 2 rings (SSSR count). The van der Waals surface area contributed by atoms with Crippen LogP contribution >= 0.6 is 0 Å². The number of nitrogens with zero attached hydrogens (tertiary/aromatic N) is 3. The number of halogens is 3. The zero-order valence-electron chi connectivity index (χ0n) is 13.5. The van der Waals surface area contributed by atoms with Gasteiger partial charge in [0.25, 0.3) is 0 Å². The van der Waals surface area contributed by atoms with Crippen LogP contribution in [0.15, 0.2) is 30.6 Å². The molecule has 2 aromatic heterocycles. The number of rotatable bonds is 6. The first-order valence-electron chi connectivity index (χ1n) is 7.42. The predicted molar refractivity (Wildman–Crippen MR) is 80.8 cm³/mol. The monoisotopic (exact) mass is 341 g/mol. The van der Waals surface area contributed by atoms with Crippen LogP contribution in [0.5, 0.6) is 11.9 Å². The highest BCUT2D eigenvalue weighted by molar-refractivity contribution is 5.20. The van der Waals surface area contributed by atoms with Crippen LogP contribution in [0.25, 0.3) is 0 Å². The summed E-state index contributed by atoms with van der Waals surface area (Å²) in [5.74, 6) is 0.128. The fraction of sp³-hybridized carbons (Fsp3) is 0.438. The van der Waals surface area contributed by atoms with Crippen molar-refractivity contribution in [2.75, 3.05) is 0 Å². The predicted octanol–water partition coefficient (Wildman–Crippen LogP) is 3.69. The van der Waals surface area contributed by atoms with Crippen molar-refractivity contribution in [2.24, 2.45) is 0 Å². The highest BCUT2D eigenvalue weighted by Crippen LogP contribution is 2.29. The Labute approximate surface area is 137 Å². The van der Waals surface area contributed by atoms with Crippen molar-refractivity contribution in [2.45, 2.75) is 45.6 Å². The van der Waals surface area contributed by atoms with Crippen LogP contribution in [-0.2, 0) is 12.6 Å². The molecule has 0 radical (unpaired) electrons. The first-order chi connectivity index (χ1) is 11.2. The van der Waals surface area contributed by atoms with Gasteiger partial charge >= 0.3 is 12.2 Å². The number of aromatic nitrogens is 3. The highest BCUT2D eigenvalue weighted by atomic mass is 19.4. The van der Waals surface area contributed by atoms with Gasteiger partial charge in [-0.3, -0.25) is 0 Å². The largest absolute Gasteiger partial charge is 0.474 e. The first kappa shape index (κ1) is 18.0. The molecule has 0 aliphatic carbocycles. The van der Waals surface area contributed by atoms with Gasteiger partial charge in [-0.2, -0.15) is 13.2 Å². The zero-order valence-corrected chi connectivity index (χ0v) is 13.5. The Morgan fingerprint density at radius 2 is 1.79 bits per heavy atom. The van der Waals surface area contributed by atoms with E-state index in [0.717, 1.165) is 12.3 Å². The van der Waals surface area contributed by atoms with E-state index in [2.05, 4.69) is 15.0 Å². The Morgan fingerprint density at radius 3 is 2.38 bits per heavy atom. The van der Waals surface area contributed by atoms with Crippen molar-refractivity contribution in [1.29, 1.82) is 0 Å². The van der Waals surface area contributed by atoms with Crippen LogP contribution in [0.4, 0.5) is 13.2 Å². The lowest BCUT2D eigenvalue weighted by Gasteiger charge is -2.15. The van der Waals surface area contributed by atoms with E-state index in [4.69, 9.17) is 9.47 Å². The number of hydrogen-bond acceptors (Lipinski definition) is 5. The van der Waals surface area contributed by atoms with Gasteiger partial charge in [-0.05, 0) is 32.9 Å². The molecule has 0 spiro atoms. The quantitative estimate of drug-likeness (QED) is 0.802. The number of hydrogen-bond donors (Lipinski definition) is 0. The molecular weight excluding hydrogens is 323 g/mol. The van der Waals surface area contributed by atoms with E-state index < -0.39 is 11.7 Å². The van der Waals surface area contributed by atoms with Crippen LogP contribution in [0.3, 0.4) is 0 Å². The third-order valence-electron chi connectivity index (χ3n) is 2.91. The van der Waals surface area contributed by atoms with E-state index in [1.54, 1.807) is 19.2 Å². The summed E-state index contributed by atoms with van der Waals surface area (Å²) in [6.07, 6.45) is -1.99. The van der Waals surface area contributed by atoms with Crippen LogP contribution < -0.4 is 9.47 Å². The van der Waals surface area contributed by atoms with Gasteiger partial charge in [-0.25, -0.2) is 15.0 Å². The molecule has 0 amide bonds. The Bertz CT molecular complexity index is 660. The fourth-order valence-electron chi connectivity index (χ4n) is 1.92. The molecule has 0 N–H and O–H groups in total. The minimum atomic E-state index is -4.41. The minimum Gasteiger partial charge on any atom is -0.474 e. The summed E-state index contributed by atoms with van der Waals surface area (Å²) in [6.45, 7) is 5.53. The minimum absolute atomic E-state index is 0.0368. The average Bonchev–Trinajstić information content (AvgIpc) is 2.46. The van der Waals surface area contributed by atoms with Crippen LogP contribution in [-0.4, -0.2) is 27.2 Å². The number of ether oxygens (including phenoxy) is 2. The summed E-state index contributed by atoms with van der Waals surface area (Å²) in [5.41, 5.74) is -0.103. The maximum atomic E-state index is 12.5. The van der Waals surface area contributed by atoms with E-state index in [-0.39, 0.29) is 24.1 Å². The molecule has 0 bridgehead atoms. The Hall–Kier alpha value is -2.38. The summed E-state index contributed by atoms with van der Waals surface area (Å²) in [7, 11) is 0. The van der Waals surface area contributed by atoms with Crippen molar-refractivity contribution < 1.29 is 22.6 Å². The van der Waals surface area contributed by atoms with Crippen LogP contribution in [0.1, 0.15) is 32.0 Å². The smallest absolute Gasteiger partial charge is 0.417 e. The van der Waals surface area contributed by atoms with Crippen molar-refractivity contribution >= 4 is 0 Å². The molecule has 0 aliphatic heterocycles. The van der Waals surface area contributed by atoms with Crippen molar-refractivity contribution in [3.63, 3.8) is 0 Å². The molecule has 0 aromatic carbocycles. The molecule has 24 heavy (non-hydrogen) atoms. The second-order valence-corrected chi connectivity index (χ2v) is 5.51. The molecule has 1 unspecified atom stereocenters. The third-order valence-corrected chi connectivity index (χ3v) is 2.91. The lowest BCUT2D eigenvalue weighted by Crippen LogP contribution is -2.17. The van der Waals surface area contributed by atoms with Gasteiger partial charge in [0, 0.05) is 24.9 Å². The third kappa shape index (κ3) is 5.36. The summed E-state index contributed by atoms with van der Waals surface area (Å²) < 4.78 is 48.4. The van der Waals surface area contributed by atoms with E-state index in [0.29, 0.717) is 12.1 Å². The van der Waals surface area contributed by atoms with E-state index in [1.807, 2.05) is 13.8 Å². The van der Waals surface area contributed by atoms with E-state index >= 15 is 0 Å². The molecule has 2 aromatic rings. The second kappa shape index (κ2) is 7.46. The molecule has 0 saturated carbocycles. The summed E-state index contributed by atoms with van der Waals surface area (Å²) in [6, 6.07) is 4.15. The van der Waals surface area contributed by atoms with Crippen molar-refractivity contribution in [3.05, 3.63) is 41.9 Å². The molecule has 0 saturated heterocycles. The molecule has 0 fully saturated rings. The molecular formula is C16H18F3N3O2. The van der Waals surface area contributed by atoms with Gasteiger partial charge in [-0.1, -0.05) is 0 Å². The first-order valence-corrected chi connectivity index (χ1v) is 7.42. The van der Waals surface area contributed by atoms with Gasteiger partial charge in [0.1, 0.15) is 6.10 Å². The van der Waals surface area contributed by atoms with Crippen LogP contribution in [0, 0.1) is 0 Å². The van der Waals surface area contributed by atoms with Gasteiger partial charge < -0.3 is 9.47 Å². The highest BCUT2D eigenvalue weighted by Gasteiger charge is 2.30. The number of alkyl halides is 3. The summed E-state index contributed by atoms with van der Waals surface area (Å²) in [5, 5.41) is 0. The molecule has 130 valence electrons. The Kier molecular flexibility index (Phi) is 5.58. The molecule has 8 heteroatoms. The second-order valence-electron chi connectivity index (χ2n) is 5.51. The fourth-order valence-corrected chi connectivity index (χ4v) is 1.92.